The van der Waals surface area contributed by atoms with Gasteiger partial charge in [-0.25, -0.2) is 9.59 Å². The molecule has 1 rings (SSSR count). The van der Waals surface area contributed by atoms with Crippen LogP contribution in [0.3, 0.4) is 0 Å². The van der Waals surface area contributed by atoms with E-state index in [0.717, 1.165) is 19.3 Å². The van der Waals surface area contributed by atoms with Gasteiger partial charge in [0.05, 0.1) is 0 Å². The van der Waals surface area contributed by atoms with Crippen molar-refractivity contribution in [1.82, 2.24) is 5.32 Å². The van der Waals surface area contributed by atoms with Crippen molar-refractivity contribution in [2.75, 3.05) is 0 Å². The van der Waals surface area contributed by atoms with Crippen LogP contribution in [-0.2, 0) is 9.53 Å². The Bertz CT molecular complexity index is 370. The molecule has 0 heterocycles. The summed E-state index contributed by atoms with van der Waals surface area (Å²) in [5.41, 5.74) is -2.37. The zero-order chi connectivity index (χ0) is 14.9. The molecule has 1 aliphatic rings. The van der Waals surface area contributed by atoms with Crippen molar-refractivity contribution in [3.05, 3.63) is 0 Å². The first-order valence-corrected chi connectivity index (χ1v) is 6.75. The second-order valence-electron chi connectivity index (χ2n) is 6.93. The lowest BCUT2D eigenvalue weighted by atomic mass is 9.63. The third-order valence-corrected chi connectivity index (χ3v) is 3.84. The van der Waals surface area contributed by atoms with Gasteiger partial charge in [0.25, 0.3) is 0 Å². The SMILES string of the molecule is CC(C)(C)OC(=O)NC1(C(=O)O)CCCCC1(C)C. The molecule has 0 aromatic heterocycles. The predicted molar refractivity (Wildman–Crippen MR) is 72.0 cm³/mol. The predicted octanol–water partition coefficient (Wildman–Crippen LogP) is 2.93. The molecule has 0 aromatic carbocycles. The van der Waals surface area contributed by atoms with E-state index in [2.05, 4.69) is 5.32 Å². The van der Waals surface area contributed by atoms with E-state index in [4.69, 9.17) is 4.74 Å². The van der Waals surface area contributed by atoms with Gasteiger partial charge in [-0.3, -0.25) is 0 Å². The number of carbonyl (C=O) groups is 2. The molecule has 1 fully saturated rings. The second-order valence-corrected chi connectivity index (χ2v) is 6.93. The minimum Gasteiger partial charge on any atom is -0.479 e. The molecule has 5 nitrogen and oxygen atoms in total. The quantitative estimate of drug-likeness (QED) is 0.809. The van der Waals surface area contributed by atoms with E-state index in [1.54, 1.807) is 20.8 Å². The summed E-state index contributed by atoms with van der Waals surface area (Å²) >= 11 is 0. The van der Waals surface area contributed by atoms with Gasteiger partial charge in [-0.2, -0.15) is 0 Å². The van der Waals surface area contributed by atoms with Crippen molar-refractivity contribution >= 4 is 12.1 Å². The minimum absolute atomic E-state index is 0.439. The molecule has 19 heavy (non-hydrogen) atoms. The van der Waals surface area contributed by atoms with Crippen LogP contribution in [0.2, 0.25) is 0 Å². The van der Waals surface area contributed by atoms with Gasteiger partial charge >= 0.3 is 12.1 Å². The lowest BCUT2D eigenvalue weighted by Gasteiger charge is -2.47. The van der Waals surface area contributed by atoms with Gasteiger partial charge in [-0.05, 0) is 39.0 Å². The summed E-state index contributed by atoms with van der Waals surface area (Å²) in [6, 6.07) is 0. The first-order chi connectivity index (χ1) is 8.50. The Kier molecular flexibility index (Phi) is 4.17. The number of carboxylic acids is 1. The van der Waals surface area contributed by atoms with Gasteiger partial charge in [-0.1, -0.05) is 26.7 Å². The molecule has 1 unspecified atom stereocenters. The molecule has 1 atom stereocenters. The Labute approximate surface area is 114 Å². The van der Waals surface area contributed by atoms with Gasteiger partial charge in [-0.15, -0.1) is 0 Å². The molecule has 0 aromatic rings. The van der Waals surface area contributed by atoms with Crippen molar-refractivity contribution < 1.29 is 19.4 Å². The maximum absolute atomic E-state index is 11.9. The van der Waals surface area contributed by atoms with Crippen molar-refractivity contribution in [1.29, 1.82) is 0 Å². The summed E-state index contributed by atoms with van der Waals surface area (Å²) in [7, 11) is 0. The van der Waals surface area contributed by atoms with Crippen LogP contribution in [-0.4, -0.2) is 28.3 Å². The van der Waals surface area contributed by atoms with Gasteiger partial charge in [0, 0.05) is 0 Å². The van der Waals surface area contributed by atoms with Crippen molar-refractivity contribution in [2.24, 2.45) is 5.41 Å². The topological polar surface area (TPSA) is 75.6 Å². The maximum Gasteiger partial charge on any atom is 0.408 e. The molecule has 1 saturated carbocycles. The van der Waals surface area contributed by atoms with E-state index in [0.29, 0.717) is 6.42 Å². The van der Waals surface area contributed by atoms with E-state index < -0.39 is 28.6 Å². The lowest BCUT2D eigenvalue weighted by molar-refractivity contribution is -0.153. The fourth-order valence-corrected chi connectivity index (χ4v) is 2.67. The molecular weight excluding hydrogens is 246 g/mol. The number of carbonyl (C=O) groups excluding carboxylic acids is 1. The van der Waals surface area contributed by atoms with Crippen LogP contribution >= 0.6 is 0 Å². The highest BCUT2D eigenvalue weighted by Crippen LogP contribution is 2.44. The first-order valence-electron chi connectivity index (χ1n) is 6.75. The highest BCUT2D eigenvalue weighted by molar-refractivity contribution is 5.85. The van der Waals surface area contributed by atoms with Gasteiger partial charge in [0.15, 0.2) is 0 Å². The molecule has 1 aliphatic carbocycles. The summed E-state index contributed by atoms with van der Waals surface area (Å²) in [6.45, 7) is 9.04. The van der Waals surface area contributed by atoms with E-state index >= 15 is 0 Å². The number of amides is 1. The first kappa shape index (κ1) is 15.8. The Morgan fingerprint density at radius 2 is 1.68 bits per heavy atom. The van der Waals surface area contributed by atoms with Crippen LogP contribution in [0.25, 0.3) is 0 Å². The molecule has 0 saturated heterocycles. The molecule has 0 aliphatic heterocycles. The van der Waals surface area contributed by atoms with Gasteiger partial charge < -0.3 is 15.2 Å². The van der Waals surface area contributed by atoms with E-state index in [-0.39, 0.29) is 0 Å². The number of hydrogen-bond acceptors (Lipinski definition) is 3. The number of ether oxygens (including phenoxy) is 1. The summed E-state index contributed by atoms with van der Waals surface area (Å²) in [5, 5.41) is 12.2. The highest BCUT2D eigenvalue weighted by atomic mass is 16.6. The summed E-state index contributed by atoms with van der Waals surface area (Å²) in [6.07, 6.45) is 2.33. The maximum atomic E-state index is 11.9. The summed E-state index contributed by atoms with van der Waals surface area (Å²) < 4.78 is 5.20. The zero-order valence-electron chi connectivity index (χ0n) is 12.5. The minimum atomic E-state index is -1.24. The Hall–Kier alpha value is -1.26. The standard InChI is InChI=1S/C14H25NO4/c1-12(2,3)19-11(18)15-14(10(16)17)9-7-6-8-13(14,4)5/h6-9H2,1-5H3,(H,15,18)(H,16,17). The fraction of sp³-hybridized carbons (Fsp3) is 0.857. The number of rotatable bonds is 2. The monoisotopic (exact) mass is 271 g/mol. The van der Waals surface area contributed by atoms with Crippen molar-refractivity contribution in [3.63, 3.8) is 0 Å². The van der Waals surface area contributed by atoms with Crippen LogP contribution < -0.4 is 5.32 Å². The Balaban J connectivity index is 2.95. The number of carboxylic acid groups (broad SMARTS) is 1. The smallest absolute Gasteiger partial charge is 0.408 e. The van der Waals surface area contributed by atoms with Crippen molar-refractivity contribution in [3.8, 4) is 0 Å². The summed E-state index contributed by atoms with van der Waals surface area (Å²) in [5.74, 6) is -0.983. The van der Waals surface area contributed by atoms with Crippen LogP contribution in [0.4, 0.5) is 4.79 Å². The third kappa shape index (κ3) is 3.39. The molecule has 1 amide bonds. The average Bonchev–Trinajstić information content (AvgIpc) is 2.17. The Morgan fingerprint density at radius 1 is 1.16 bits per heavy atom. The number of alkyl carbamates (subject to hydrolysis) is 1. The van der Waals surface area contributed by atoms with E-state index in [1.165, 1.54) is 0 Å². The van der Waals surface area contributed by atoms with Gasteiger partial charge in [0.1, 0.15) is 11.1 Å². The van der Waals surface area contributed by atoms with E-state index in [1.807, 2.05) is 13.8 Å². The summed E-state index contributed by atoms with van der Waals surface area (Å²) in [4.78, 5) is 23.7. The molecule has 5 heteroatoms. The van der Waals surface area contributed by atoms with Crippen molar-refractivity contribution in [2.45, 2.75) is 71.4 Å². The van der Waals surface area contributed by atoms with E-state index in [9.17, 15) is 14.7 Å². The molecule has 0 radical (unpaired) electrons. The number of aliphatic carboxylic acids is 1. The number of hydrogen-bond donors (Lipinski definition) is 2. The fourth-order valence-electron chi connectivity index (χ4n) is 2.67. The molecular formula is C14H25NO4. The molecule has 0 spiro atoms. The van der Waals surface area contributed by atoms with Crippen LogP contribution in [0.5, 0.6) is 0 Å². The van der Waals surface area contributed by atoms with Gasteiger partial charge in [0.2, 0.25) is 0 Å². The third-order valence-electron chi connectivity index (χ3n) is 3.84. The van der Waals surface area contributed by atoms with Crippen LogP contribution in [0.15, 0.2) is 0 Å². The van der Waals surface area contributed by atoms with Crippen LogP contribution in [0, 0.1) is 5.41 Å². The highest BCUT2D eigenvalue weighted by Gasteiger charge is 2.54. The number of nitrogens with one attached hydrogen (secondary N) is 1. The van der Waals surface area contributed by atoms with Crippen LogP contribution in [0.1, 0.15) is 60.3 Å². The normalized spacial score (nSPS) is 26.6. The zero-order valence-corrected chi connectivity index (χ0v) is 12.5. The molecule has 110 valence electrons. The second kappa shape index (κ2) is 5.02. The molecule has 2 N–H and O–H groups in total. The Morgan fingerprint density at radius 3 is 2.11 bits per heavy atom. The lowest BCUT2D eigenvalue weighted by Crippen LogP contribution is -2.65. The molecule has 0 bridgehead atoms. The largest absolute Gasteiger partial charge is 0.479 e. The average molecular weight is 271 g/mol.